The quantitative estimate of drug-likeness (QED) is 0.791. The molecule has 142 valence electrons. The first-order valence-corrected chi connectivity index (χ1v) is 10.1. The van der Waals surface area contributed by atoms with Crippen molar-refractivity contribution in [3.63, 3.8) is 0 Å². The zero-order valence-electron chi connectivity index (χ0n) is 15.4. The van der Waals surface area contributed by atoms with Crippen LogP contribution in [0.1, 0.15) is 42.5 Å². The number of nitriles is 1. The van der Waals surface area contributed by atoms with Crippen LogP contribution in [0.15, 0.2) is 41.8 Å². The van der Waals surface area contributed by atoms with Gasteiger partial charge in [0, 0.05) is 10.6 Å². The fourth-order valence-electron chi connectivity index (χ4n) is 4.17. The van der Waals surface area contributed by atoms with Gasteiger partial charge in [-0.15, -0.1) is 17.8 Å². The first-order chi connectivity index (χ1) is 13.6. The van der Waals surface area contributed by atoms with Crippen LogP contribution in [-0.4, -0.2) is 11.8 Å². The van der Waals surface area contributed by atoms with Crippen LogP contribution < -0.4 is 10.6 Å². The molecule has 28 heavy (non-hydrogen) atoms. The van der Waals surface area contributed by atoms with E-state index >= 15 is 0 Å². The summed E-state index contributed by atoms with van der Waals surface area (Å²) in [4.78, 5) is 28.2. The van der Waals surface area contributed by atoms with E-state index in [1.807, 2.05) is 17.5 Å². The molecule has 3 rings (SSSR count). The van der Waals surface area contributed by atoms with E-state index < -0.39 is 17.4 Å². The topological polar surface area (TPSA) is 87.2 Å². The fraction of sp³-hybridized carbons (Fsp3) is 0.318. The first kappa shape index (κ1) is 19.7. The number of benzene rings is 1. The lowest BCUT2D eigenvalue weighted by molar-refractivity contribution is -0.129. The van der Waals surface area contributed by atoms with Gasteiger partial charge in [-0.3, -0.25) is 14.5 Å². The molecule has 1 atom stereocenters. The van der Waals surface area contributed by atoms with E-state index in [4.69, 9.17) is 17.4 Å². The van der Waals surface area contributed by atoms with Crippen molar-refractivity contribution in [1.29, 1.82) is 5.26 Å². The Morgan fingerprint density at radius 3 is 2.36 bits per heavy atom. The largest absolute Gasteiger partial charge is 0.367 e. The zero-order chi connectivity index (χ0) is 20.1. The molecule has 1 fully saturated rings. The number of anilines is 1. The van der Waals surface area contributed by atoms with Crippen molar-refractivity contribution in [2.75, 3.05) is 4.90 Å². The normalized spacial score (nSPS) is 16.4. The minimum Gasteiger partial charge on any atom is -0.367 e. The van der Waals surface area contributed by atoms with Crippen LogP contribution in [0.25, 0.3) is 0 Å². The molecule has 1 aromatic carbocycles. The van der Waals surface area contributed by atoms with Crippen LogP contribution in [0, 0.1) is 29.6 Å². The highest BCUT2D eigenvalue weighted by atomic mass is 32.1. The van der Waals surface area contributed by atoms with E-state index in [0.717, 1.165) is 32.1 Å². The molecule has 0 bridgehead atoms. The number of nitrogens with zero attached hydrogens (tertiary/aromatic N) is 2. The molecule has 0 radical (unpaired) electrons. The van der Waals surface area contributed by atoms with Crippen LogP contribution in [0.2, 0.25) is 0 Å². The Kier molecular flexibility index (Phi) is 5.82. The highest BCUT2D eigenvalue weighted by Crippen LogP contribution is 2.47. The molecule has 2 N–H and O–H groups in total. The van der Waals surface area contributed by atoms with Gasteiger partial charge >= 0.3 is 5.91 Å². The van der Waals surface area contributed by atoms with E-state index in [-0.39, 0.29) is 5.92 Å². The lowest BCUT2D eigenvalue weighted by atomic mass is 9.71. The van der Waals surface area contributed by atoms with Crippen LogP contribution in [-0.2, 0) is 15.1 Å². The number of carbonyl (C=O) groups is 2. The molecule has 1 heterocycles. The van der Waals surface area contributed by atoms with Gasteiger partial charge in [-0.1, -0.05) is 25.3 Å². The number of carbonyl (C=O) groups excluding carboxylic acids is 2. The molecular weight excluding hydrogens is 370 g/mol. The molecule has 2 aromatic rings. The maximum atomic E-state index is 13.1. The van der Waals surface area contributed by atoms with Gasteiger partial charge in [0.25, 0.3) is 0 Å². The van der Waals surface area contributed by atoms with E-state index in [1.165, 1.54) is 16.2 Å². The molecule has 1 unspecified atom stereocenters. The summed E-state index contributed by atoms with van der Waals surface area (Å²) in [6, 6.07) is 12.2. The monoisotopic (exact) mass is 391 g/mol. The van der Waals surface area contributed by atoms with Gasteiger partial charge in [-0.05, 0) is 60.4 Å². The predicted molar refractivity (Wildman–Crippen MR) is 109 cm³/mol. The van der Waals surface area contributed by atoms with Crippen molar-refractivity contribution >= 4 is 28.8 Å². The van der Waals surface area contributed by atoms with Crippen molar-refractivity contribution in [2.45, 2.75) is 37.6 Å². The molecule has 6 heteroatoms. The minimum atomic E-state index is -1.35. The molecule has 1 aliphatic carbocycles. The number of thiophene rings is 1. The Morgan fingerprint density at radius 2 is 1.86 bits per heavy atom. The number of amides is 2. The van der Waals surface area contributed by atoms with Crippen molar-refractivity contribution in [3.8, 4) is 18.4 Å². The number of primary amides is 1. The second-order valence-corrected chi connectivity index (χ2v) is 7.83. The van der Waals surface area contributed by atoms with E-state index in [9.17, 15) is 9.59 Å². The van der Waals surface area contributed by atoms with Gasteiger partial charge in [0.15, 0.2) is 5.54 Å². The highest BCUT2D eigenvalue weighted by Gasteiger charge is 2.53. The number of rotatable bonds is 5. The summed E-state index contributed by atoms with van der Waals surface area (Å²) in [5, 5.41) is 11.0. The molecule has 1 saturated carbocycles. The van der Waals surface area contributed by atoms with Gasteiger partial charge in [0.1, 0.15) is 0 Å². The lowest BCUT2D eigenvalue weighted by Gasteiger charge is -2.46. The molecule has 0 spiro atoms. The first-order valence-electron chi connectivity index (χ1n) is 9.20. The van der Waals surface area contributed by atoms with Gasteiger partial charge in [0.05, 0.1) is 11.6 Å². The third kappa shape index (κ3) is 3.28. The average Bonchev–Trinajstić information content (AvgIpc) is 3.27. The smallest absolute Gasteiger partial charge is 0.303 e. The summed E-state index contributed by atoms with van der Waals surface area (Å²) < 4.78 is 0. The lowest BCUT2D eigenvalue weighted by Crippen LogP contribution is -2.61. The Bertz CT molecular complexity index is 932. The molecule has 2 amide bonds. The van der Waals surface area contributed by atoms with E-state index in [2.05, 4.69) is 12.0 Å². The zero-order valence-corrected chi connectivity index (χ0v) is 16.2. The standard InChI is InChI=1S/C22H21N3O2S/c1-2-20(26)25(18-12-10-16(15-23)11-13-18)22(21(24)27,19-9-6-14-28-19)17-7-4-3-5-8-17/h1,6,9-14,17H,3-5,7-8H2,(H2,24,27). The second-order valence-electron chi connectivity index (χ2n) is 6.89. The summed E-state index contributed by atoms with van der Waals surface area (Å²) >= 11 is 1.39. The number of terminal acetylenes is 1. The van der Waals surface area contributed by atoms with E-state index in [0.29, 0.717) is 16.1 Å². The third-order valence-electron chi connectivity index (χ3n) is 5.40. The van der Waals surface area contributed by atoms with Crippen LogP contribution in [0.4, 0.5) is 5.69 Å². The fourth-order valence-corrected chi connectivity index (χ4v) is 5.17. The Labute approximate surface area is 168 Å². The molecule has 5 nitrogen and oxygen atoms in total. The molecular formula is C22H21N3O2S. The van der Waals surface area contributed by atoms with Gasteiger partial charge < -0.3 is 5.73 Å². The van der Waals surface area contributed by atoms with Gasteiger partial charge in [-0.2, -0.15) is 5.26 Å². The maximum absolute atomic E-state index is 13.1. The van der Waals surface area contributed by atoms with E-state index in [1.54, 1.807) is 24.3 Å². The minimum absolute atomic E-state index is 0.134. The predicted octanol–water partition coefficient (Wildman–Crippen LogP) is 3.55. The Morgan fingerprint density at radius 1 is 1.18 bits per heavy atom. The summed E-state index contributed by atoms with van der Waals surface area (Å²) in [5.74, 6) is 0.827. The molecule has 1 aromatic heterocycles. The summed E-state index contributed by atoms with van der Waals surface area (Å²) in [7, 11) is 0. The maximum Gasteiger partial charge on any atom is 0.303 e. The summed E-state index contributed by atoms with van der Waals surface area (Å²) in [5.41, 5.74) is 5.59. The Hall–Kier alpha value is -3.09. The van der Waals surface area contributed by atoms with Crippen LogP contribution in [0.5, 0.6) is 0 Å². The SMILES string of the molecule is C#CC(=O)N(c1ccc(C#N)cc1)C(C(N)=O)(c1cccs1)C1CCCCC1. The summed E-state index contributed by atoms with van der Waals surface area (Å²) in [6.07, 6.45) is 10.1. The molecule has 1 aliphatic rings. The average molecular weight is 391 g/mol. The number of hydrogen-bond donors (Lipinski definition) is 1. The molecule has 0 saturated heterocycles. The highest BCUT2D eigenvalue weighted by molar-refractivity contribution is 7.10. The molecule has 0 aliphatic heterocycles. The van der Waals surface area contributed by atoms with Crippen molar-refractivity contribution < 1.29 is 9.59 Å². The summed E-state index contributed by atoms with van der Waals surface area (Å²) in [6.45, 7) is 0. The van der Waals surface area contributed by atoms with Crippen molar-refractivity contribution in [2.24, 2.45) is 11.7 Å². The van der Waals surface area contributed by atoms with Gasteiger partial charge in [-0.25, -0.2) is 0 Å². The van der Waals surface area contributed by atoms with Gasteiger partial charge in [0.2, 0.25) is 5.91 Å². The van der Waals surface area contributed by atoms with Crippen LogP contribution in [0.3, 0.4) is 0 Å². The van der Waals surface area contributed by atoms with Crippen molar-refractivity contribution in [3.05, 3.63) is 52.2 Å². The van der Waals surface area contributed by atoms with Crippen LogP contribution >= 0.6 is 11.3 Å². The van der Waals surface area contributed by atoms with Crippen molar-refractivity contribution in [1.82, 2.24) is 0 Å². The second kappa shape index (κ2) is 8.29. The Balaban J connectivity index is 2.27. The number of nitrogens with two attached hydrogens (primary N) is 1. The number of hydrogen-bond acceptors (Lipinski definition) is 4. The third-order valence-corrected chi connectivity index (χ3v) is 6.40.